The van der Waals surface area contributed by atoms with Gasteiger partial charge in [0.25, 0.3) is 5.91 Å². The summed E-state index contributed by atoms with van der Waals surface area (Å²) < 4.78 is 9.97. The largest absolute Gasteiger partial charge is 0.475 e. The van der Waals surface area contributed by atoms with Crippen LogP contribution in [0, 0.1) is 0 Å². The van der Waals surface area contributed by atoms with Crippen molar-refractivity contribution in [3.63, 3.8) is 0 Å². The van der Waals surface area contributed by atoms with Crippen LogP contribution >= 0.6 is 11.8 Å². The van der Waals surface area contributed by atoms with E-state index in [2.05, 4.69) is 10.6 Å². The Balaban J connectivity index is 1.92. The highest BCUT2D eigenvalue weighted by Crippen LogP contribution is 2.22. The summed E-state index contributed by atoms with van der Waals surface area (Å²) in [4.78, 5) is 35.7. The number of ether oxygens (including phenoxy) is 1. The Morgan fingerprint density at radius 1 is 1.15 bits per heavy atom. The van der Waals surface area contributed by atoms with E-state index in [4.69, 9.17) is 14.3 Å². The Morgan fingerprint density at radius 2 is 1.93 bits per heavy atom. The monoisotopic (exact) mass is 392 g/mol. The molecule has 0 radical (unpaired) electrons. The van der Waals surface area contributed by atoms with Crippen molar-refractivity contribution < 1.29 is 28.6 Å². The number of carbonyl (C=O) groups excluding carboxylic acids is 2. The smallest absolute Gasteiger partial charge is 0.371 e. The van der Waals surface area contributed by atoms with Crippen molar-refractivity contribution in [3.05, 3.63) is 53.5 Å². The van der Waals surface area contributed by atoms with Gasteiger partial charge < -0.3 is 24.9 Å². The molecule has 0 fully saturated rings. The second kappa shape index (κ2) is 10.4. The molecule has 0 atom stereocenters. The summed E-state index contributed by atoms with van der Waals surface area (Å²) in [5.74, 6) is -1.33. The van der Waals surface area contributed by atoms with Gasteiger partial charge in [-0.25, -0.2) is 4.79 Å². The maximum Gasteiger partial charge on any atom is 0.371 e. The Bertz CT molecular complexity index is 805. The molecule has 27 heavy (non-hydrogen) atoms. The van der Waals surface area contributed by atoms with Gasteiger partial charge in [-0.3, -0.25) is 9.59 Å². The first-order valence-electron chi connectivity index (χ1n) is 8.09. The molecule has 1 aromatic heterocycles. The molecular weight excluding hydrogens is 372 g/mol. The first-order valence-corrected chi connectivity index (χ1v) is 9.07. The number of thioether (sulfide) groups is 1. The Labute approximate surface area is 160 Å². The zero-order chi connectivity index (χ0) is 19.6. The standard InChI is InChI=1S/C18H20N2O6S/c1-25-9-8-19-16(21)11-27-15-5-3-2-4-13(15)17(22)20-10-12-6-7-14(26-12)18(23)24/h2-7H,8-11H2,1H3,(H,19,21)(H,20,22)(H,23,24). The van der Waals surface area contributed by atoms with E-state index in [1.165, 1.54) is 23.9 Å². The summed E-state index contributed by atoms with van der Waals surface area (Å²) in [6, 6.07) is 9.76. The molecule has 0 saturated carbocycles. The molecule has 0 aliphatic heterocycles. The average molecular weight is 392 g/mol. The third-order valence-corrected chi connectivity index (χ3v) is 4.49. The number of benzene rings is 1. The van der Waals surface area contributed by atoms with Crippen LogP contribution in [0.5, 0.6) is 0 Å². The number of amides is 2. The van der Waals surface area contributed by atoms with E-state index in [1.54, 1.807) is 31.4 Å². The molecule has 0 saturated heterocycles. The van der Waals surface area contributed by atoms with E-state index in [-0.39, 0.29) is 29.9 Å². The van der Waals surface area contributed by atoms with Crippen molar-refractivity contribution in [3.8, 4) is 0 Å². The second-order valence-corrected chi connectivity index (χ2v) is 6.40. The van der Waals surface area contributed by atoms with E-state index in [0.717, 1.165) is 0 Å². The second-order valence-electron chi connectivity index (χ2n) is 5.38. The molecule has 0 bridgehead atoms. The summed E-state index contributed by atoms with van der Waals surface area (Å²) in [6.07, 6.45) is 0. The lowest BCUT2D eigenvalue weighted by molar-refractivity contribution is -0.118. The van der Waals surface area contributed by atoms with Crippen LogP contribution in [0.15, 0.2) is 45.7 Å². The highest BCUT2D eigenvalue weighted by Gasteiger charge is 2.14. The van der Waals surface area contributed by atoms with Crippen molar-refractivity contribution in [2.24, 2.45) is 0 Å². The molecule has 2 aromatic rings. The molecule has 0 spiro atoms. The highest BCUT2D eigenvalue weighted by atomic mass is 32.2. The summed E-state index contributed by atoms with van der Waals surface area (Å²) in [5, 5.41) is 14.2. The summed E-state index contributed by atoms with van der Waals surface area (Å²) in [5.41, 5.74) is 0.428. The van der Waals surface area contributed by atoms with Crippen LogP contribution in [0.1, 0.15) is 26.7 Å². The van der Waals surface area contributed by atoms with Crippen LogP contribution in [0.25, 0.3) is 0 Å². The summed E-state index contributed by atoms with van der Waals surface area (Å²) in [6.45, 7) is 0.924. The Kier molecular flexibility index (Phi) is 7.90. The van der Waals surface area contributed by atoms with Crippen molar-refractivity contribution in [1.82, 2.24) is 10.6 Å². The van der Waals surface area contributed by atoms with Crippen LogP contribution < -0.4 is 10.6 Å². The predicted octanol–water partition coefficient (Wildman–Crippen LogP) is 1.76. The average Bonchev–Trinajstić information content (AvgIpc) is 3.14. The third kappa shape index (κ3) is 6.46. The van der Waals surface area contributed by atoms with Crippen LogP contribution in [0.2, 0.25) is 0 Å². The molecule has 2 rings (SSSR count). The number of hydrogen-bond acceptors (Lipinski definition) is 6. The van der Waals surface area contributed by atoms with E-state index in [9.17, 15) is 14.4 Å². The number of hydrogen-bond donors (Lipinski definition) is 3. The molecule has 0 aliphatic carbocycles. The van der Waals surface area contributed by atoms with Crippen LogP contribution in [-0.4, -0.2) is 48.9 Å². The Hall–Kier alpha value is -2.78. The maximum atomic E-state index is 12.4. The first-order chi connectivity index (χ1) is 13.0. The van der Waals surface area contributed by atoms with E-state index in [0.29, 0.717) is 29.4 Å². The molecule has 0 aliphatic rings. The normalized spacial score (nSPS) is 10.4. The number of carboxylic acids is 1. The van der Waals surface area contributed by atoms with Gasteiger partial charge in [-0.2, -0.15) is 0 Å². The topological polar surface area (TPSA) is 118 Å². The summed E-state index contributed by atoms with van der Waals surface area (Å²) in [7, 11) is 1.56. The number of methoxy groups -OCH3 is 1. The number of nitrogens with one attached hydrogen (secondary N) is 2. The molecule has 1 aromatic carbocycles. The lowest BCUT2D eigenvalue weighted by Gasteiger charge is -2.09. The first kappa shape index (κ1) is 20.5. The van der Waals surface area contributed by atoms with Gasteiger partial charge in [0, 0.05) is 18.6 Å². The number of rotatable bonds is 10. The van der Waals surface area contributed by atoms with Gasteiger partial charge in [-0.15, -0.1) is 11.8 Å². The molecular formula is C18H20N2O6S. The molecule has 9 heteroatoms. The SMILES string of the molecule is COCCNC(=O)CSc1ccccc1C(=O)NCc1ccc(C(=O)O)o1. The zero-order valence-electron chi connectivity index (χ0n) is 14.7. The third-order valence-electron chi connectivity index (χ3n) is 3.41. The molecule has 3 N–H and O–H groups in total. The number of carboxylic acid groups (broad SMARTS) is 1. The Morgan fingerprint density at radius 3 is 2.63 bits per heavy atom. The highest BCUT2D eigenvalue weighted by molar-refractivity contribution is 8.00. The summed E-state index contributed by atoms with van der Waals surface area (Å²) >= 11 is 1.26. The molecule has 0 unspecified atom stereocenters. The van der Waals surface area contributed by atoms with Crippen LogP contribution in [-0.2, 0) is 16.1 Å². The molecule has 8 nitrogen and oxygen atoms in total. The van der Waals surface area contributed by atoms with Gasteiger partial charge in [0.1, 0.15) is 5.76 Å². The minimum Gasteiger partial charge on any atom is -0.475 e. The predicted molar refractivity (Wildman–Crippen MR) is 98.9 cm³/mol. The van der Waals surface area contributed by atoms with Gasteiger partial charge in [0.05, 0.1) is 24.5 Å². The van der Waals surface area contributed by atoms with Crippen molar-refractivity contribution in [2.75, 3.05) is 26.0 Å². The fourth-order valence-corrected chi connectivity index (χ4v) is 3.00. The molecule has 2 amide bonds. The maximum absolute atomic E-state index is 12.4. The van der Waals surface area contributed by atoms with E-state index >= 15 is 0 Å². The van der Waals surface area contributed by atoms with Crippen molar-refractivity contribution in [1.29, 1.82) is 0 Å². The number of aromatic carboxylic acids is 1. The minimum atomic E-state index is -1.17. The van der Waals surface area contributed by atoms with Gasteiger partial charge in [0.15, 0.2) is 0 Å². The van der Waals surface area contributed by atoms with Crippen molar-refractivity contribution >= 4 is 29.5 Å². The number of carbonyl (C=O) groups is 3. The zero-order valence-corrected chi connectivity index (χ0v) is 15.5. The fraction of sp³-hybridized carbons (Fsp3) is 0.278. The van der Waals surface area contributed by atoms with Gasteiger partial charge in [-0.1, -0.05) is 12.1 Å². The minimum absolute atomic E-state index is 0.0582. The van der Waals surface area contributed by atoms with Crippen molar-refractivity contribution in [2.45, 2.75) is 11.4 Å². The lowest BCUT2D eigenvalue weighted by Crippen LogP contribution is -2.28. The van der Waals surface area contributed by atoms with Crippen LogP contribution in [0.4, 0.5) is 0 Å². The van der Waals surface area contributed by atoms with E-state index in [1.807, 2.05) is 0 Å². The fourth-order valence-electron chi connectivity index (χ4n) is 2.12. The van der Waals surface area contributed by atoms with E-state index < -0.39 is 5.97 Å². The lowest BCUT2D eigenvalue weighted by atomic mass is 10.2. The van der Waals surface area contributed by atoms with Gasteiger partial charge in [-0.05, 0) is 24.3 Å². The molecule has 144 valence electrons. The quantitative estimate of drug-likeness (QED) is 0.416. The number of furan rings is 1. The van der Waals surface area contributed by atoms with Gasteiger partial charge >= 0.3 is 5.97 Å². The van der Waals surface area contributed by atoms with Gasteiger partial charge in [0.2, 0.25) is 11.7 Å². The molecule has 1 heterocycles. The van der Waals surface area contributed by atoms with Crippen LogP contribution in [0.3, 0.4) is 0 Å².